The Morgan fingerprint density at radius 1 is 1.37 bits per heavy atom. The molecule has 3 N–H and O–H groups in total. The van der Waals surface area contributed by atoms with Crippen LogP contribution >= 0.6 is 0 Å². The number of ether oxygens (including phenoxy) is 3. The number of carbonyl (C=O) groups is 1. The number of nitrogen functional groups attached to an aromatic ring is 1. The monoisotopic (exact) mass is 266 g/mol. The molecular weight excluding hydrogens is 248 g/mol. The molecule has 0 saturated carbocycles. The minimum Gasteiger partial charge on any atom is -0.486 e. The molecule has 0 atom stereocenters. The Labute approximate surface area is 111 Å². The summed E-state index contributed by atoms with van der Waals surface area (Å²) in [6, 6.07) is 3.32. The van der Waals surface area contributed by atoms with E-state index in [2.05, 4.69) is 5.32 Å². The first-order valence-electron chi connectivity index (χ1n) is 6.27. The third-order valence-corrected chi connectivity index (χ3v) is 2.57. The molecule has 6 heteroatoms. The van der Waals surface area contributed by atoms with E-state index in [1.54, 1.807) is 12.1 Å². The van der Waals surface area contributed by atoms with Gasteiger partial charge in [0.2, 0.25) is 5.91 Å². The maximum atomic E-state index is 11.6. The number of benzene rings is 1. The van der Waals surface area contributed by atoms with Crippen molar-refractivity contribution in [3.8, 4) is 11.5 Å². The summed E-state index contributed by atoms with van der Waals surface area (Å²) in [5, 5.41) is 2.69. The first kappa shape index (κ1) is 13.5. The summed E-state index contributed by atoms with van der Waals surface area (Å²) >= 11 is 0. The highest BCUT2D eigenvalue weighted by molar-refractivity contribution is 5.95. The summed E-state index contributed by atoms with van der Waals surface area (Å²) in [4.78, 5) is 11.6. The average Bonchev–Trinajstić information content (AvgIpc) is 2.40. The fourth-order valence-corrected chi connectivity index (χ4v) is 1.71. The van der Waals surface area contributed by atoms with Gasteiger partial charge in [0.15, 0.2) is 11.5 Å². The largest absolute Gasteiger partial charge is 0.486 e. The van der Waals surface area contributed by atoms with Crippen molar-refractivity contribution in [2.75, 3.05) is 37.5 Å². The highest BCUT2D eigenvalue weighted by Crippen LogP contribution is 2.36. The number of hydrogen-bond acceptors (Lipinski definition) is 5. The van der Waals surface area contributed by atoms with Gasteiger partial charge >= 0.3 is 0 Å². The van der Waals surface area contributed by atoms with Crippen molar-refractivity contribution in [2.45, 2.75) is 13.3 Å². The van der Waals surface area contributed by atoms with E-state index in [1.165, 1.54) is 0 Å². The van der Waals surface area contributed by atoms with Crippen LogP contribution in [-0.2, 0) is 9.53 Å². The minimum atomic E-state index is -0.239. The van der Waals surface area contributed by atoms with Crippen LogP contribution in [0.15, 0.2) is 12.1 Å². The lowest BCUT2D eigenvalue weighted by Crippen LogP contribution is -2.20. The van der Waals surface area contributed by atoms with E-state index in [0.717, 1.165) is 6.42 Å². The predicted octanol–water partition coefficient (Wildman–Crippen LogP) is 1.41. The van der Waals surface area contributed by atoms with Crippen LogP contribution in [0.2, 0.25) is 0 Å². The molecule has 1 amide bonds. The number of nitrogens with two attached hydrogens (primary N) is 1. The van der Waals surface area contributed by atoms with Gasteiger partial charge in [-0.15, -0.1) is 0 Å². The van der Waals surface area contributed by atoms with Crippen LogP contribution in [0.3, 0.4) is 0 Å². The number of nitrogens with one attached hydrogen (secondary N) is 1. The standard InChI is InChI=1S/C13H18N2O4/c1-2-3-17-8-13(16)15-10-7-12-11(6-9(10)14)18-4-5-19-12/h6-7H,2-5,8,14H2,1H3,(H,15,16). The number of fused-ring (bicyclic) bond motifs is 1. The maximum Gasteiger partial charge on any atom is 0.250 e. The van der Waals surface area contributed by atoms with Crippen molar-refractivity contribution in [3.63, 3.8) is 0 Å². The molecular formula is C13H18N2O4. The third kappa shape index (κ3) is 3.51. The van der Waals surface area contributed by atoms with Crippen molar-refractivity contribution in [1.29, 1.82) is 0 Å². The Bertz CT molecular complexity index is 462. The second kappa shape index (κ2) is 6.29. The molecule has 0 bridgehead atoms. The van der Waals surface area contributed by atoms with Gasteiger partial charge in [-0.1, -0.05) is 6.92 Å². The predicted molar refractivity (Wildman–Crippen MR) is 71.6 cm³/mol. The number of carbonyl (C=O) groups excluding carboxylic acids is 1. The molecule has 0 aliphatic carbocycles. The molecule has 6 nitrogen and oxygen atoms in total. The molecule has 1 aliphatic rings. The number of anilines is 2. The van der Waals surface area contributed by atoms with Gasteiger partial charge < -0.3 is 25.3 Å². The highest BCUT2D eigenvalue weighted by Gasteiger charge is 2.15. The Kier molecular flexibility index (Phi) is 4.46. The Hall–Kier alpha value is -1.95. The van der Waals surface area contributed by atoms with Gasteiger partial charge in [-0.25, -0.2) is 0 Å². The lowest BCUT2D eigenvalue weighted by atomic mass is 10.2. The van der Waals surface area contributed by atoms with Gasteiger partial charge in [0.1, 0.15) is 19.8 Å². The fourth-order valence-electron chi connectivity index (χ4n) is 1.71. The molecule has 2 rings (SSSR count). The van der Waals surface area contributed by atoms with E-state index in [-0.39, 0.29) is 12.5 Å². The number of rotatable bonds is 5. The van der Waals surface area contributed by atoms with Gasteiger partial charge in [-0.3, -0.25) is 4.79 Å². The van der Waals surface area contributed by atoms with Crippen molar-refractivity contribution >= 4 is 17.3 Å². The summed E-state index contributed by atoms with van der Waals surface area (Å²) < 4.78 is 16.0. The van der Waals surface area contributed by atoms with Gasteiger partial charge in [-0.05, 0) is 6.42 Å². The van der Waals surface area contributed by atoms with Crippen molar-refractivity contribution < 1.29 is 19.0 Å². The molecule has 0 radical (unpaired) electrons. The number of hydrogen-bond donors (Lipinski definition) is 2. The lowest BCUT2D eigenvalue weighted by molar-refractivity contribution is -0.120. The molecule has 104 valence electrons. The van der Waals surface area contributed by atoms with Crippen LogP contribution in [0.5, 0.6) is 11.5 Å². The van der Waals surface area contributed by atoms with Gasteiger partial charge in [0.05, 0.1) is 11.4 Å². The summed E-state index contributed by atoms with van der Waals surface area (Å²) in [5.74, 6) is 0.950. The van der Waals surface area contributed by atoms with Crippen LogP contribution in [0, 0.1) is 0 Å². The molecule has 0 spiro atoms. The van der Waals surface area contributed by atoms with Crippen molar-refractivity contribution in [2.24, 2.45) is 0 Å². The quantitative estimate of drug-likeness (QED) is 0.622. The normalized spacial score (nSPS) is 13.1. The Morgan fingerprint density at radius 2 is 2.05 bits per heavy atom. The van der Waals surface area contributed by atoms with Crippen LogP contribution < -0.4 is 20.5 Å². The summed E-state index contributed by atoms with van der Waals surface area (Å²) in [6.45, 7) is 3.55. The second-order valence-corrected chi connectivity index (χ2v) is 4.18. The van der Waals surface area contributed by atoms with Gasteiger partial charge in [-0.2, -0.15) is 0 Å². The first-order chi connectivity index (χ1) is 9.20. The van der Waals surface area contributed by atoms with Crippen LogP contribution in [0.25, 0.3) is 0 Å². The van der Waals surface area contributed by atoms with E-state index in [4.69, 9.17) is 19.9 Å². The number of amides is 1. The lowest BCUT2D eigenvalue weighted by Gasteiger charge is -2.20. The zero-order chi connectivity index (χ0) is 13.7. The zero-order valence-corrected chi connectivity index (χ0v) is 10.9. The van der Waals surface area contributed by atoms with Gasteiger partial charge in [0.25, 0.3) is 0 Å². The Morgan fingerprint density at radius 3 is 2.74 bits per heavy atom. The van der Waals surface area contributed by atoms with E-state index < -0.39 is 0 Å². The molecule has 1 aromatic rings. The molecule has 1 aliphatic heterocycles. The molecule has 0 aromatic heterocycles. The average molecular weight is 266 g/mol. The summed E-state index contributed by atoms with van der Waals surface area (Å²) in [5.41, 5.74) is 6.80. The van der Waals surface area contributed by atoms with E-state index >= 15 is 0 Å². The molecule has 0 saturated heterocycles. The molecule has 1 heterocycles. The maximum absolute atomic E-state index is 11.6. The van der Waals surface area contributed by atoms with Crippen LogP contribution in [-0.4, -0.2) is 32.3 Å². The minimum absolute atomic E-state index is 0.0156. The van der Waals surface area contributed by atoms with E-state index in [9.17, 15) is 4.79 Å². The van der Waals surface area contributed by atoms with Crippen molar-refractivity contribution in [3.05, 3.63) is 12.1 Å². The zero-order valence-electron chi connectivity index (χ0n) is 10.9. The van der Waals surface area contributed by atoms with E-state index in [1.807, 2.05) is 6.92 Å². The SMILES string of the molecule is CCCOCC(=O)Nc1cc2c(cc1N)OCCO2. The fraction of sp³-hybridized carbons (Fsp3) is 0.462. The first-order valence-corrected chi connectivity index (χ1v) is 6.27. The van der Waals surface area contributed by atoms with E-state index in [0.29, 0.717) is 42.7 Å². The summed E-state index contributed by atoms with van der Waals surface area (Å²) in [6.07, 6.45) is 0.874. The molecule has 1 aromatic carbocycles. The third-order valence-electron chi connectivity index (χ3n) is 2.57. The van der Waals surface area contributed by atoms with Crippen LogP contribution in [0.4, 0.5) is 11.4 Å². The second-order valence-electron chi connectivity index (χ2n) is 4.18. The molecule has 0 unspecified atom stereocenters. The highest BCUT2D eigenvalue weighted by atomic mass is 16.6. The molecule has 0 fully saturated rings. The topological polar surface area (TPSA) is 82.8 Å². The van der Waals surface area contributed by atoms with Crippen molar-refractivity contribution in [1.82, 2.24) is 0 Å². The smallest absolute Gasteiger partial charge is 0.250 e. The molecule has 19 heavy (non-hydrogen) atoms. The summed E-state index contributed by atoms with van der Waals surface area (Å²) in [7, 11) is 0. The van der Waals surface area contributed by atoms with Gasteiger partial charge in [0, 0.05) is 18.7 Å². The van der Waals surface area contributed by atoms with Crippen LogP contribution in [0.1, 0.15) is 13.3 Å². The Balaban J connectivity index is 2.01.